The summed E-state index contributed by atoms with van der Waals surface area (Å²) in [7, 11) is 0. The van der Waals surface area contributed by atoms with E-state index >= 15 is 0 Å². The minimum atomic E-state index is 0. The maximum Gasteiger partial charge on any atom is 0.193 e. The van der Waals surface area contributed by atoms with Crippen molar-refractivity contribution in [3.05, 3.63) is 119 Å². The van der Waals surface area contributed by atoms with Crippen LogP contribution >= 0.6 is 23.2 Å². The molecule has 0 spiro atoms. The van der Waals surface area contributed by atoms with Crippen molar-refractivity contribution >= 4 is 67.8 Å². The number of aromatic nitrogens is 2. The summed E-state index contributed by atoms with van der Waals surface area (Å²) in [6.45, 7) is 1.90. The van der Waals surface area contributed by atoms with Gasteiger partial charge in [-0.2, -0.15) is 0 Å². The molecule has 0 aliphatic carbocycles. The van der Waals surface area contributed by atoms with Crippen LogP contribution in [0.2, 0.25) is 10.0 Å². The number of halogens is 2. The minimum Gasteiger partial charge on any atom is -0.506 e. The fourth-order valence-electron chi connectivity index (χ4n) is 3.96. The first-order chi connectivity index (χ1) is 19.9. The van der Waals surface area contributed by atoms with Gasteiger partial charge in [-0.15, -0.1) is 20.5 Å². The van der Waals surface area contributed by atoms with Gasteiger partial charge in [-0.05, 0) is 48.0 Å². The summed E-state index contributed by atoms with van der Waals surface area (Å²) in [5.41, 5.74) is 1.72. The van der Waals surface area contributed by atoms with E-state index in [2.05, 4.69) is 30.4 Å². The standard InChI is InChI=1S/C16H13N3O.C15H9Cl2N3O.Ni/c1-11-5-4-8-15(17-11)18-19-16-13-7-3-2-6-12(13)9-10-14(16)20;16-10-7-12(17)15(18-8-10)20-19-14-11-4-2-1-3-9(11)5-6-13(14)21;/h2-10,20H,1H3;1-8,21H;. The van der Waals surface area contributed by atoms with Crippen LogP contribution in [-0.4, -0.2) is 20.2 Å². The van der Waals surface area contributed by atoms with E-state index < -0.39 is 0 Å². The van der Waals surface area contributed by atoms with Gasteiger partial charge >= 0.3 is 0 Å². The van der Waals surface area contributed by atoms with Crippen molar-refractivity contribution in [3.63, 3.8) is 0 Å². The fourth-order valence-corrected chi connectivity index (χ4v) is 4.38. The summed E-state index contributed by atoms with van der Waals surface area (Å²) in [5.74, 6) is 0.924. The van der Waals surface area contributed by atoms with Gasteiger partial charge in [-0.1, -0.05) is 89.9 Å². The monoisotopic (exact) mass is 638 g/mol. The summed E-state index contributed by atoms with van der Waals surface area (Å²) < 4.78 is 0. The maximum absolute atomic E-state index is 9.97. The quantitative estimate of drug-likeness (QED) is 0.147. The van der Waals surface area contributed by atoms with Crippen molar-refractivity contribution in [2.75, 3.05) is 0 Å². The zero-order valence-electron chi connectivity index (χ0n) is 22.0. The molecule has 0 saturated carbocycles. The Morgan fingerprint density at radius 3 is 1.79 bits per heavy atom. The number of pyridine rings is 2. The van der Waals surface area contributed by atoms with Crippen LogP contribution in [0.5, 0.6) is 11.5 Å². The van der Waals surface area contributed by atoms with Crippen LogP contribution in [-0.2, 0) is 16.5 Å². The van der Waals surface area contributed by atoms with E-state index in [4.69, 9.17) is 23.2 Å². The third-order valence-electron chi connectivity index (χ3n) is 5.92. The van der Waals surface area contributed by atoms with Crippen LogP contribution in [0.3, 0.4) is 0 Å². The number of fused-ring (bicyclic) bond motifs is 2. The first-order valence-electron chi connectivity index (χ1n) is 12.4. The predicted octanol–water partition coefficient (Wildman–Crippen LogP) is 10.3. The van der Waals surface area contributed by atoms with E-state index in [0.29, 0.717) is 27.2 Å². The second kappa shape index (κ2) is 14.0. The third-order valence-corrected chi connectivity index (χ3v) is 6.40. The molecule has 4 aromatic carbocycles. The number of hydrogen-bond acceptors (Lipinski definition) is 8. The largest absolute Gasteiger partial charge is 0.506 e. The molecular formula is C31H22Cl2N6NiO2. The first kappa shape index (κ1) is 30.5. The predicted molar refractivity (Wildman–Crippen MR) is 163 cm³/mol. The summed E-state index contributed by atoms with van der Waals surface area (Å²) in [6, 6.07) is 29.3. The van der Waals surface area contributed by atoms with Crippen molar-refractivity contribution < 1.29 is 26.7 Å². The van der Waals surface area contributed by atoms with Crippen LogP contribution in [0.25, 0.3) is 21.5 Å². The number of benzene rings is 4. The van der Waals surface area contributed by atoms with Gasteiger partial charge in [0, 0.05) is 39.2 Å². The van der Waals surface area contributed by atoms with Crippen molar-refractivity contribution in [2.45, 2.75) is 6.92 Å². The zero-order valence-corrected chi connectivity index (χ0v) is 24.5. The number of rotatable bonds is 4. The second-order valence-corrected chi connectivity index (χ2v) is 9.65. The molecule has 0 radical (unpaired) electrons. The molecule has 0 aliphatic heterocycles. The molecule has 0 saturated heterocycles. The van der Waals surface area contributed by atoms with E-state index in [1.165, 1.54) is 12.3 Å². The number of aromatic hydroxyl groups is 2. The van der Waals surface area contributed by atoms with Gasteiger partial charge in [0.1, 0.15) is 22.9 Å². The molecule has 2 heterocycles. The molecule has 0 fully saturated rings. The smallest absolute Gasteiger partial charge is 0.193 e. The molecule has 0 aliphatic rings. The topological polar surface area (TPSA) is 116 Å². The molecule has 0 amide bonds. The molecule has 8 nitrogen and oxygen atoms in total. The Labute approximate surface area is 261 Å². The number of nitrogens with zero attached hydrogens (tertiary/aromatic N) is 6. The molecule has 6 rings (SSSR count). The Hall–Kier alpha value is -4.43. The molecule has 0 unspecified atom stereocenters. The normalized spacial score (nSPS) is 11.0. The Bertz CT molecular complexity index is 1930. The first-order valence-corrected chi connectivity index (χ1v) is 13.1. The van der Waals surface area contributed by atoms with Gasteiger partial charge in [0.2, 0.25) is 0 Å². The molecule has 0 atom stereocenters. The molecule has 2 N–H and O–H groups in total. The summed E-state index contributed by atoms with van der Waals surface area (Å²) in [5, 5.41) is 40.6. The van der Waals surface area contributed by atoms with E-state index in [9.17, 15) is 10.2 Å². The Morgan fingerprint density at radius 1 is 0.643 bits per heavy atom. The number of phenolic OH excluding ortho intramolecular Hbond substituents is 2. The van der Waals surface area contributed by atoms with Gasteiger partial charge in [0.15, 0.2) is 11.6 Å². The molecule has 212 valence electrons. The van der Waals surface area contributed by atoms with Crippen LogP contribution < -0.4 is 0 Å². The van der Waals surface area contributed by atoms with Gasteiger partial charge < -0.3 is 10.2 Å². The van der Waals surface area contributed by atoms with E-state index in [0.717, 1.165) is 27.2 Å². The van der Waals surface area contributed by atoms with E-state index in [-0.39, 0.29) is 33.8 Å². The van der Waals surface area contributed by atoms with Gasteiger partial charge in [-0.3, -0.25) is 0 Å². The van der Waals surface area contributed by atoms with Crippen LogP contribution in [0.1, 0.15) is 5.69 Å². The average Bonchev–Trinajstić information content (AvgIpc) is 2.97. The van der Waals surface area contributed by atoms with E-state index in [1.807, 2.05) is 79.7 Å². The van der Waals surface area contributed by atoms with Crippen LogP contribution in [0.15, 0.2) is 124 Å². The number of phenols is 2. The summed E-state index contributed by atoms with van der Waals surface area (Å²) in [4.78, 5) is 8.25. The summed E-state index contributed by atoms with van der Waals surface area (Å²) >= 11 is 11.8. The van der Waals surface area contributed by atoms with Crippen molar-refractivity contribution in [3.8, 4) is 11.5 Å². The molecule has 42 heavy (non-hydrogen) atoms. The maximum atomic E-state index is 9.97. The Kier molecular flexibility index (Phi) is 10.1. The van der Waals surface area contributed by atoms with Crippen LogP contribution in [0, 0.1) is 6.92 Å². The van der Waals surface area contributed by atoms with Crippen molar-refractivity contribution in [1.82, 2.24) is 9.97 Å². The van der Waals surface area contributed by atoms with Crippen molar-refractivity contribution in [1.29, 1.82) is 0 Å². The van der Waals surface area contributed by atoms with Gasteiger partial charge in [0.05, 0.1) is 10.0 Å². The molecule has 6 aromatic rings. The number of hydrogen-bond donors (Lipinski definition) is 2. The third kappa shape index (κ3) is 7.25. The average molecular weight is 640 g/mol. The molecule has 0 bridgehead atoms. The number of azo groups is 2. The zero-order chi connectivity index (χ0) is 28.8. The number of aryl methyl sites for hydroxylation is 1. The molecule has 11 heteroatoms. The van der Waals surface area contributed by atoms with Crippen LogP contribution in [0.4, 0.5) is 23.0 Å². The van der Waals surface area contributed by atoms with Crippen molar-refractivity contribution in [2.24, 2.45) is 20.5 Å². The van der Waals surface area contributed by atoms with Gasteiger partial charge in [-0.25, -0.2) is 9.97 Å². The SMILES string of the molecule is Cc1cccc(N=Nc2c(O)ccc3ccccc23)n1.Oc1ccc2ccccc2c1N=Nc1ncc(Cl)cc1Cl.[Ni]. The summed E-state index contributed by atoms with van der Waals surface area (Å²) in [6.07, 6.45) is 1.44. The Balaban J connectivity index is 0.000000189. The molecule has 2 aromatic heterocycles. The molecular weight excluding hydrogens is 618 g/mol. The van der Waals surface area contributed by atoms with E-state index in [1.54, 1.807) is 18.2 Å². The fraction of sp³-hybridized carbons (Fsp3) is 0.0323. The Morgan fingerprint density at radius 2 is 1.21 bits per heavy atom. The second-order valence-electron chi connectivity index (χ2n) is 8.80. The van der Waals surface area contributed by atoms with Gasteiger partial charge in [0.25, 0.3) is 0 Å². The minimum absolute atomic E-state index is 0.